The van der Waals surface area contributed by atoms with E-state index in [0.717, 1.165) is 5.69 Å². The first-order valence-electron chi connectivity index (χ1n) is 5.13. The minimum atomic E-state index is -0.368. The molecular formula is C13H18NO. The van der Waals surface area contributed by atoms with Crippen LogP contribution in [-0.2, 0) is 4.79 Å². The molecule has 1 amide bonds. The highest BCUT2D eigenvalue weighted by molar-refractivity contribution is 5.96. The molecule has 0 bridgehead atoms. The third-order valence-electron chi connectivity index (χ3n) is 2.18. The zero-order valence-corrected chi connectivity index (χ0v) is 9.66. The molecule has 81 valence electrons. The lowest BCUT2D eigenvalue weighted by Crippen LogP contribution is -2.39. The molecule has 0 aliphatic rings. The fourth-order valence-electron chi connectivity index (χ4n) is 1.36. The summed E-state index contributed by atoms with van der Waals surface area (Å²) in [6, 6.07) is 9.64. The van der Waals surface area contributed by atoms with E-state index in [1.165, 1.54) is 0 Å². The molecule has 0 aliphatic heterocycles. The first-order chi connectivity index (χ1) is 6.96. The molecule has 2 heteroatoms. The Morgan fingerprint density at radius 3 is 2.20 bits per heavy atom. The van der Waals surface area contributed by atoms with Gasteiger partial charge >= 0.3 is 0 Å². The number of anilines is 1. The van der Waals surface area contributed by atoms with E-state index in [1.54, 1.807) is 4.90 Å². The van der Waals surface area contributed by atoms with Crippen LogP contribution in [0.25, 0.3) is 0 Å². The van der Waals surface area contributed by atoms with Crippen LogP contribution in [0.3, 0.4) is 0 Å². The average molecular weight is 204 g/mol. The first-order valence-corrected chi connectivity index (χ1v) is 5.13. The van der Waals surface area contributed by atoms with Crippen molar-refractivity contribution in [3.8, 4) is 0 Å². The van der Waals surface area contributed by atoms with E-state index >= 15 is 0 Å². The number of benzene rings is 1. The second-order valence-corrected chi connectivity index (χ2v) is 4.54. The number of carbonyl (C=O) groups excluding carboxylic acids is 1. The van der Waals surface area contributed by atoms with Crippen molar-refractivity contribution in [1.82, 2.24) is 0 Å². The number of nitrogens with zero attached hydrogens (tertiary/aromatic N) is 1. The molecule has 1 aromatic carbocycles. The van der Waals surface area contributed by atoms with Crippen molar-refractivity contribution in [2.24, 2.45) is 5.41 Å². The molecule has 1 rings (SSSR count). The minimum Gasteiger partial charge on any atom is -0.312 e. The van der Waals surface area contributed by atoms with Crippen LogP contribution in [0, 0.1) is 12.3 Å². The Hall–Kier alpha value is -1.31. The van der Waals surface area contributed by atoms with E-state index < -0.39 is 0 Å². The highest BCUT2D eigenvalue weighted by Gasteiger charge is 2.26. The Kier molecular flexibility index (Phi) is 3.51. The normalized spacial score (nSPS) is 11.2. The van der Waals surface area contributed by atoms with E-state index in [1.807, 2.05) is 51.1 Å². The third-order valence-corrected chi connectivity index (χ3v) is 2.18. The maximum atomic E-state index is 12.1. The SMILES string of the molecule is [CH2]CN(C(=O)C(C)(C)C)c1ccccc1. The molecule has 0 N–H and O–H groups in total. The Morgan fingerprint density at radius 2 is 1.80 bits per heavy atom. The summed E-state index contributed by atoms with van der Waals surface area (Å²) in [5.41, 5.74) is 0.542. The summed E-state index contributed by atoms with van der Waals surface area (Å²) in [5, 5.41) is 0. The van der Waals surface area contributed by atoms with Crippen molar-refractivity contribution < 1.29 is 4.79 Å². The van der Waals surface area contributed by atoms with Crippen LogP contribution in [0.4, 0.5) is 5.69 Å². The van der Waals surface area contributed by atoms with Gasteiger partial charge in [0.1, 0.15) is 0 Å². The van der Waals surface area contributed by atoms with Crippen LogP contribution in [0.2, 0.25) is 0 Å². The van der Waals surface area contributed by atoms with Gasteiger partial charge in [0, 0.05) is 17.6 Å². The van der Waals surface area contributed by atoms with E-state index in [-0.39, 0.29) is 11.3 Å². The van der Waals surface area contributed by atoms with Crippen molar-refractivity contribution in [2.75, 3.05) is 11.4 Å². The van der Waals surface area contributed by atoms with Gasteiger partial charge in [0.2, 0.25) is 5.91 Å². The number of amides is 1. The van der Waals surface area contributed by atoms with Crippen molar-refractivity contribution in [3.63, 3.8) is 0 Å². The quantitative estimate of drug-likeness (QED) is 0.725. The molecule has 0 aliphatic carbocycles. The Bertz CT molecular complexity index is 324. The monoisotopic (exact) mass is 204 g/mol. The summed E-state index contributed by atoms with van der Waals surface area (Å²) >= 11 is 0. The molecule has 0 atom stereocenters. The molecule has 0 heterocycles. The number of carbonyl (C=O) groups is 1. The molecule has 15 heavy (non-hydrogen) atoms. The number of hydrogen-bond donors (Lipinski definition) is 0. The summed E-state index contributed by atoms with van der Waals surface area (Å²) in [6.45, 7) is 10.0. The lowest BCUT2D eigenvalue weighted by atomic mass is 9.94. The van der Waals surface area contributed by atoms with Gasteiger partial charge in [-0.3, -0.25) is 4.79 Å². The van der Waals surface area contributed by atoms with E-state index in [9.17, 15) is 4.79 Å². The van der Waals surface area contributed by atoms with Gasteiger partial charge in [-0.2, -0.15) is 0 Å². The summed E-state index contributed by atoms with van der Waals surface area (Å²) < 4.78 is 0. The van der Waals surface area contributed by atoms with Gasteiger partial charge in [-0.15, -0.1) is 0 Å². The smallest absolute Gasteiger partial charge is 0.232 e. The van der Waals surface area contributed by atoms with E-state index in [0.29, 0.717) is 6.54 Å². The van der Waals surface area contributed by atoms with Crippen LogP contribution >= 0.6 is 0 Å². The van der Waals surface area contributed by atoms with Crippen LogP contribution in [0.1, 0.15) is 20.8 Å². The summed E-state index contributed by atoms with van der Waals surface area (Å²) in [5.74, 6) is 0.101. The first kappa shape index (κ1) is 11.8. The highest BCUT2D eigenvalue weighted by Crippen LogP contribution is 2.22. The van der Waals surface area contributed by atoms with Gasteiger partial charge in [-0.25, -0.2) is 0 Å². The fraction of sp³-hybridized carbons (Fsp3) is 0.385. The summed E-state index contributed by atoms with van der Waals surface area (Å²) in [6.07, 6.45) is 0. The van der Waals surface area contributed by atoms with Gasteiger partial charge in [0.25, 0.3) is 0 Å². The number of hydrogen-bond acceptors (Lipinski definition) is 1. The van der Waals surface area contributed by atoms with Gasteiger partial charge in [0.05, 0.1) is 0 Å². The summed E-state index contributed by atoms with van der Waals surface area (Å²) in [4.78, 5) is 13.8. The Labute approximate surface area is 91.9 Å². The van der Waals surface area contributed by atoms with E-state index in [2.05, 4.69) is 6.92 Å². The maximum absolute atomic E-state index is 12.1. The zero-order valence-electron chi connectivity index (χ0n) is 9.66. The largest absolute Gasteiger partial charge is 0.312 e. The van der Waals surface area contributed by atoms with Crippen LogP contribution in [-0.4, -0.2) is 12.5 Å². The third kappa shape index (κ3) is 2.82. The molecular weight excluding hydrogens is 186 g/mol. The average Bonchev–Trinajstić information content (AvgIpc) is 2.19. The van der Waals surface area contributed by atoms with Crippen LogP contribution in [0.5, 0.6) is 0 Å². The molecule has 1 radical (unpaired) electrons. The lowest BCUT2D eigenvalue weighted by Gasteiger charge is -2.28. The fourth-order valence-corrected chi connectivity index (χ4v) is 1.36. The highest BCUT2D eigenvalue weighted by atomic mass is 16.2. The van der Waals surface area contributed by atoms with Gasteiger partial charge < -0.3 is 4.90 Å². The number of para-hydroxylation sites is 1. The topological polar surface area (TPSA) is 20.3 Å². The number of rotatable bonds is 2. The standard InChI is InChI=1S/C13H18NO/c1-5-14(12(15)13(2,3)4)11-9-7-6-8-10-11/h6-10H,1,5H2,2-4H3. The second-order valence-electron chi connectivity index (χ2n) is 4.54. The van der Waals surface area contributed by atoms with E-state index in [4.69, 9.17) is 0 Å². The summed E-state index contributed by atoms with van der Waals surface area (Å²) in [7, 11) is 0. The van der Waals surface area contributed by atoms with Gasteiger partial charge in [-0.05, 0) is 19.1 Å². The molecule has 0 unspecified atom stereocenters. The lowest BCUT2D eigenvalue weighted by molar-refractivity contribution is -0.125. The molecule has 0 saturated carbocycles. The van der Waals surface area contributed by atoms with Crippen molar-refractivity contribution in [1.29, 1.82) is 0 Å². The Morgan fingerprint density at radius 1 is 1.27 bits per heavy atom. The van der Waals surface area contributed by atoms with Crippen LogP contribution < -0.4 is 4.90 Å². The van der Waals surface area contributed by atoms with Crippen molar-refractivity contribution in [2.45, 2.75) is 20.8 Å². The Balaban J connectivity index is 2.96. The molecule has 2 nitrogen and oxygen atoms in total. The maximum Gasteiger partial charge on any atom is 0.232 e. The van der Waals surface area contributed by atoms with Gasteiger partial charge in [0.15, 0.2) is 0 Å². The minimum absolute atomic E-state index is 0.101. The second kappa shape index (κ2) is 4.47. The zero-order chi connectivity index (χ0) is 11.5. The molecule has 0 saturated heterocycles. The molecule has 1 aromatic rings. The van der Waals surface area contributed by atoms with Crippen LogP contribution in [0.15, 0.2) is 30.3 Å². The molecule has 0 fully saturated rings. The van der Waals surface area contributed by atoms with Crippen molar-refractivity contribution >= 4 is 11.6 Å². The van der Waals surface area contributed by atoms with Crippen molar-refractivity contribution in [3.05, 3.63) is 37.3 Å². The molecule has 0 aromatic heterocycles. The predicted molar refractivity (Wildman–Crippen MR) is 63.6 cm³/mol. The van der Waals surface area contributed by atoms with Gasteiger partial charge in [-0.1, -0.05) is 39.0 Å². The molecule has 0 spiro atoms. The predicted octanol–water partition coefficient (Wildman–Crippen LogP) is 2.90.